The van der Waals surface area contributed by atoms with Crippen molar-refractivity contribution in [2.24, 2.45) is 0 Å². The van der Waals surface area contributed by atoms with Crippen molar-refractivity contribution in [2.75, 3.05) is 5.32 Å². The molecule has 6 heteroatoms. The predicted molar refractivity (Wildman–Crippen MR) is 74.1 cm³/mol. The summed E-state index contributed by atoms with van der Waals surface area (Å²) < 4.78 is 1.08. The second-order valence-electron chi connectivity index (χ2n) is 3.89. The van der Waals surface area contributed by atoms with Gasteiger partial charge >= 0.3 is 5.97 Å². The molecule has 2 heterocycles. The highest BCUT2D eigenvalue weighted by atomic mass is 32.1. The molecule has 0 atom stereocenters. The molecule has 94 valence electrons. The fraction of sp³-hybridized carbons (Fsp3) is 0. The summed E-state index contributed by atoms with van der Waals surface area (Å²) in [6, 6.07) is 9.03. The number of aromatic nitrogens is 2. The molecule has 3 aromatic rings. The van der Waals surface area contributed by atoms with Gasteiger partial charge in [0.25, 0.3) is 0 Å². The van der Waals surface area contributed by atoms with Crippen LogP contribution in [0.1, 0.15) is 10.5 Å². The van der Waals surface area contributed by atoms with E-state index in [4.69, 9.17) is 5.11 Å². The summed E-state index contributed by atoms with van der Waals surface area (Å²) in [5.41, 5.74) is 4.35. The van der Waals surface area contributed by atoms with Gasteiger partial charge in [-0.1, -0.05) is 0 Å². The Hall–Kier alpha value is -2.47. The van der Waals surface area contributed by atoms with E-state index in [2.05, 4.69) is 15.3 Å². The van der Waals surface area contributed by atoms with Gasteiger partial charge in [0.2, 0.25) is 0 Å². The van der Waals surface area contributed by atoms with Gasteiger partial charge in [-0.15, -0.1) is 11.3 Å². The van der Waals surface area contributed by atoms with Crippen LogP contribution >= 0.6 is 11.3 Å². The van der Waals surface area contributed by atoms with Crippen LogP contribution in [-0.2, 0) is 0 Å². The summed E-state index contributed by atoms with van der Waals surface area (Å²) in [5.74, 6) is -1.04. The third-order valence-electron chi connectivity index (χ3n) is 2.60. The van der Waals surface area contributed by atoms with Crippen LogP contribution in [-0.4, -0.2) is 21.0 Å². The summed E-state index contributed by atoms with van der Waals surface area (Å²) in [5, 5.41) is 12.0. The van der Waals surface area contributed by atoms with E-state index in [-0.39, 0.29) is 5.69 Å². The number of rotatable bonds is 3. The first kappa shape index (κ1) is 11.6. The van der Waals surface area contributed by atoms with E-state index in [0.29, 0.717) is 5.69 Å². The summed E-state index contributed by atoms with van der Waals surface area (Å²) in [7, 11) is 0. The van der Waals surface area contributed by atoms with Crippen molar-refractivity contribution in [3.63, 3.8) is 0 Å². The van der Waals surface area contributed by atoms with Crippen molar-refractivity contribution < 1.29 is 9.90 Å². The number of benzene rings is 1. The summed E-state index contributed by atoms with van der Waals surface area (Å²) >= 11 is 1.56. The Morgan fingerprint density at radius 1 is 1.16 bits per heavy atom. The fourth-order valence-electron chi connectivity index (χ4n) is 1.72. The van der Waals surface area contributed by atoms with Crippen LogP contribution in [0.4, 0.5) is 11.4 Å². The summed E-state index contributed by atoms with van der Waals surface area (Å²) in [6.07, 6.45) is 1.47. The number of fused-ring (bicyclic) bond motifs is 1. The van der Waals surface area contributed by atoms with Crippen molar-refractivity contribution in [1.82, 2.24) is 9.97 Å². The number of nitrogens with one attached hydrogen (secondary N) is 1. The Labute approximate surface area is 112 Å². The number of carboxylic acids is 1. The van der Waals surface area contributed by atoms with Crippen molar-refractivity contribution in [1.29, 1.82) is 0 Å². The molecule has 0 saturated heterocycles. The Morgan fingerprint density at radius 2 is 2.00 bits per heavy atom. The maximum Gasteiger partial charge on any atom is 0.354 e. The maximum absolute atomic E-state index is 10.8. The third kappa shape index (κ3) is 2.38. The van der Waals surface area contributed by atoms with Crippen LogP contribution in [0.5, 0.6) is 0 Å². The van der Waals surface area contributed by atoms with Gasteiger partial charge in [0.15, 0.2) is 0 Å². The Balaban J connectivity index is 1.91. The van der Waals surface area contributed by atoms with E-state index in [1.54, 1.807) is 22.9 Å². The number of hydrogen-bond acceptors (Lipinski definition) is 5. The van der Waals surface area contributed by atoms with Crippen molar-refractivity contribution in [2.45, 2.75) is 0 Å². The first-order chi connectivity index (χ1) is 9.22. The lowest BCUT2D eigenvalue weighted by Crippen LogP contribution is -2.00. The van der Waals surface area contributed by atoms with E-state index < -0.39 is 5.97 Å². The number of pyridine rings is 1. The van der Waals surface area contributed by atoms with Gasteiger partial charge in [0.1, 0.15) is 5.69 Å². The van der Waals surface area contributed by atoms with E-state index >= 15 is 0 Å². The van der Waals surface area contributed by atoms with Crippen LogP contribution in [0, 0.1) is 0 Å². The average molecular weight is 271 g/mol. The van der Waals surface area contributed by atoms with Crippen LogP contribution in [0.15, 0.2) is 42.0 Å². The molecule has 0 unspecified atom stereocenters. The minimum absolute atomic E-state index is 0.0175. The molecule has 0 saturated carbocycles. The van der Waals surface area contributed by atoms with Crippen molar-refractivity contribution >= 4 is 38.9 Å². The quantitative estimate of drug-likeness (QED) is 0.765. The van der Waals surface area contributed by atoms with Gasteiger partial charge in [-0.2, -0.15) is 0 Å². The second kappa shape index (κ2) is 4.66. The lowest BCUT2D eigenvalue weighted by molar-refractivity contribution is 0.0690. The topological polar surface area (TPSA) is 75.1 Å². The highest BCUT2D eigenvalue weighted by molar-refractivity contribution is 7.16. The minimum atomic E-state index is -1.04. The van der Waals surface area contributed by atoms with Crippen molar-refractivity contribution in [3.05, 3.63) is 47.7 Å². The Morgan fingerprint density at radius 3 is 2.84 bits per heavy atom. The summed E-state index contributed by atoms with van der Waals surface area (Å²) in [4.78, 5) is 18.8. The van der Waals surface area contributed by atoms with Crippen LogP contribution in [0.25, 0.3) is 10.2 Å². The summed E-state index contributed by atoms with van der Waals surface area (Å²) in [6.45, 7) is 0. The highest BCUT2D eigenvalue weighted by Gasteiger charge is 2.05. The molecule has 0 aliphatic rings. The Bertz CT molecular complexity index is 754. The second-order valence-corrected chi connectivity index (χ2v) is 4.78. The van der Waals surface area contributed by atoms with E-state index in [1.165, 1.54) is 12.3 Å². The average Bonchev–Trinajstić information content (AvgIpc) is 2.86. The Kier molecular flexibility index (Phi) is 2.85. The molecule has 3 rings (SSSR count). The molecule has 0 radical (unpaired) electrons. The highest BCUT2D eigenvalue weighted by Crippen LogP contribution is 2.24. The molecule has 0 amide bonds. The van der Waals surface area contributed by atoms with E-state index in [0.717, 1.165) is 15.9 Å². The molecule has 0 bridgehead atoms. The number of nitrogens with zero attached hydrogens (tertiary/aromatic N) is 2. The molecule has 2 N–H and O–H groups in total. The largest absolute Gasteiger partial charge is 0.477 e. The van der Waals surface area contributed by atoms with Gasteiger partial charge in [-0.25, -0.2) is 14.8 Å². The SMILES string of the molecule is O=C(O)c1cc(Nc2ccc3ncsc3c2)ccn1. The standard InChI is InChI=1S/C13H9N3O2S/c17-13(18)11-5-9(3-4-14-11)16-8-1-2-10-12(6-8)19-7-15-10/h1-7H,(H,14,16)(H,17,18). The molecule has 2 aromatic heterocycles. The zero-order valence-corrected chi connectivity index (χ0v) is 10.5. The molecule has 0 aliphatic carbocycles. The van der Waals surface area contributed by atoms with Gasteiger partial charge in [-0.3, -0.25) is 0 Å². The molecule has 0 fully saturated rings. The van der Waals surface area contributed by atoms with Crippen molar-refractivity contribution in [3.8, 4) is 0 Å². The zero-order chi connectivity index (χ0) is 13.2. The number of hydrogen-bond donors (Lipinski definition) is 2. The zero-order valence-electron chi connectivity index (χ0n) is 9.70. The molecule has 0 aliphatic heterocycles. The first-order valence-electron chi connectivity index (χ1n) is 5.52. The van der Waals surface area contributed by atoms with Gasteiger partial charge in [0, 0.05) is 17.6 Å². The van der Waals surface area contributed by atoms with Gasteiger partial charge in [0.05, 0.1) is 15.7 Å². The van der Waals surface area contributed by atoms with Gasteiger partial charge < -0.3 is 10.4 Å². The number of carbonyl (C=O) groups is 1. The smallest absolute Gasteiger partial charge is 0.354 e. The monoisotopic (exact) mass is 271 g/mol. The number of thiazole rings is 1. The molecular weight excluding hydrogens is 262 g/mol. The number of anilines is 2. The molecular formula is C13H9N3O2S. The normalized spacial score (nSPS) is 10.5. The minimum Gasteiger partial charge on any atom is -0.477 e. The van der Waals surface area contributed by atoms with Crippen LogP contribution in [0.2, 0.25) is 0 Å². The molecule has 0 spiro atoms. The predicted octanol–water partition coefficient (Wildman–Crippen LogP) is 3.13. The van der Waals surface area contributed by atoms with Crippen LogP contribution in [0.3, 0.4) is 0 Å². The first-order valence-corrected chi connectivity index (χ1v) is 6.40. The maximum atomic E-state index is 10.8. The third-order valence-corrected chi connectivity index (χ3v) is 3.39. The van der Waals surface area contributed by atoms with E-state index in [1.807, 2.05) is 18.2 Å². The lowest BCUT2D eigenvalue weighted by atomic mass is 10.2. The molecule has 1 aromatic carbocycles. The number of aromatic carboxylic acids is 1. The number of carboxylic acid groups (broad SMARTS) is 1. The molecule has 5 nitrogen and oxygen atoms in total. The van der Waals surface area contributed by atoms with Crippen LogP contribution < -0.4 is 5.32 Å². The van der Waals surface area contributed by atoms with Gasteiger partial charge in [-0.05, 0) is 30.3 Å². The van der Waals surface area contributed by atoms with E-state index in [9.17, 15) is 4.79 Å². The molecule has 19 heavy (non-hydrogen) atoms. The lowest BCUT2D eigenvalue weighted by Gasteiger charge is -2.06. The fourth-order valence-corrected chi connectivity index (χ4v) is 2.44.